The molecule has 0 spiro atoms. The van der Waals surface area contributed by atoms with E-state index in [1.807, 2.05) is 97.1 Å². The van der Waals surface area contributed by atoms with Crippen molar-refractivity contribution in [1.82, 2.24) is 9.13 Å². The van der Waals surface area contributed by atoms with Gasteiger partial charge in [-0.2, -0.15) is 0 Å². The minimum atomic E-state index is 0.0600. The highest BCUT2D eigenvalue weighted by Gasteiger charge is 2.43. The summed E-state index contributed by atoms with van der Waals surface area (Å²) in [7, 11) is 0. The fraction of sp³-hybridized carbons (Fsp3) is 0. The Morgan fingerprint density at radius 3 is 1.04 bits per heavy atom. The van der Waals surface area contributed by atoms with Crippen LogP contribution in [-0.2, 0) is 0 Å². The maximum Gasteiger partial charge on any atom is 0.260 e. The third kappa shape index (κ3) is 9.23. The molecule has 9 nitrogen and oxygen atoms in total. The molecule has 9 heterocycles. The van der Waals surface area contributed by atoms with E-state index < -0.39 is 0 Å². The number of nitrogens with zero attached hydrogens (tertiary/aromatic N) is 2. The molecule has 0 bridgehead atoms. The maximum absolute atomic E-state index is 6.51. The van der Waals surface area contributed by atoms with Crippen LogP contribution in [0.15, 0.2) is 350 Å². The first kappa shape index (κ1) is 60.3. The van der Waals surface area contributed by atoms with E-state index in [0.717, 1.165) is 152 Å². The van der Waals surface area contributed by atoms with Crippen LogP contribution >= 0.6 is 0 Å². The SMILES string of the molecule is c1ccc2c(c1)Oc1cccc3c1B2c1cc(-c2ccc(-c4cccc5c4oc4ccccc45)cc2)ccc1O3.c1ccc2c(c1)Oc1cccc3c1B2c1cc(-n2c4ccccc4c4ccccc42)ccc1O3.c1ccc2c(c1)Oc1cccc3c1B2c1ccc(-n2c4ccccc4c4ccccc42)cc1O3. The third-order valence-electron chi connectivity index (χ3n) is 22.5. The zero-order valence-electron chi connectivity index (χ0n) is 57.9. The van der Waals surface area contributed by atoms with Crippen LogP contribution in [0.1, 0.15) is 0 Å². The van der Waals surface area contributed by atoms with Crippen molar-refractivity contribution in [3.63, 3.8) is 0 Å². The standard InChI is InChI=1S/C36H21BO3.2C30H18BNO2/c1-3-11-30-26(7-1)27-9-5-8-25(36(27)40-30)23-17-15-22(16-18-23)24-19-20-32-29(21-24)37-28-10-2-4-12-31(28)38-33-13-6-14-34(39-32)35(33)37;1-4-11-24-20(8-1)21-9-2-5-12-25(21)32(24)19-16-17-27-23(18-19)31-22-10-3-6-13-26(22)33-28-14-7-15-29(34-27)30(28)31;1-4-11-24-20(8-1)21-9-2-5-12-25(21)32(24)19-16-17-23-29(18-19)34-28-15-7-14-27-30(28)31(23)22-10-3-6-13-26(22)33-27/h1-21H;2*1-18H. The van der Waals surface area contributed by atoms with Gasteiger partial charge < -0.3 is 42.0 Å². The van der Waals surface area contributed by atoms with Crippen molar-refractivity contribution >= 4 is 135 Å². The van der Waals surface area contributed by atoms with Gasteiger partial charge in [0.15, 0.2) is 0 Å². The zero-order valence-corrected chi connectivity index (χ0v) is 57.9. The van der Waals surface area contributed by atoms with Gasteiger partial charge in [0.05, 0.1) is 22.1 Å². The Morgan fingerprint density at radius 1 is 0.204 bits per heavy atom. The third-order valence-corrected chi connectivity index (χ3v) is 22.5. The number of hydrogen-bond donors (Lipinski definition) is 0. The summed E-state index contributed by atoms with van der Waals surface area (Å²) in [5.74, 6) is 10.6. The Morgan fingerprint density at radius 2 is 0.537 bits per heavy atom. The molecule has 0 aliphatic carbocycles. The van der Waals surface area contributed by atoms with E-state index in [1.165, 1.54) is 65.5 Å². The van der Waals surface area contributed by atoms with E-state index >= 15 is 0 Å². The van der Waals surface area contributed by atoms with Crippen molar-refractivity contribution in [2.45, 2.75) is 0 Å². The highest BCUT2D eigenvalue weighted by molar-refractivity contribution is 6.99. The van der Waals surface area contributed by atoms with Crippen LogP contribution in [0, 0.1) is 0 Å². The maximum atomic E-state index is 6.51. The van der Waals surface area contributed by atoms with Gasteiger partial charge in [-0.25, -0.2) is 0 Å². The number of para-hydroxylation sites is 9. The number of fused-ring (bicyclic) bond motifs is 21. The Hall–Kier alpha value is -14.1. The summed E-state index contributed by atoms with van der Waals surface area (Å²) in [5.41, 5.74) is 23.7. The van der Waals surface area contributed by atoms with Gasteiger partial charge in [-0.1, -0.05) is 224 Å². The topological polar surface area (TPSA) is 78.4 Å². The second-order valence-electron chi connectivity index (χ2n) is 28.3. The van der Waals surface area contributed by atoms with Gasteiger partial charge in [-0.15, -0.1) is 0 Å². The molecule has 0 fully saturated rings. The minimum absolute atomic E-state index is 0.0600. The number of rotatable bonds is 4. The highest BCUT2D eigenvalue weighted by atomic mass is 16.5. The molecule has 0 atom stereocenters. The van der Waals surface area contributed by atoms with Gasteiger partial charge in [-0.3, -0.25) is 0 Å². The van der Waals surface area contributed by atoms with Gasteiger partial charge in [-0.05, 0) is 165 Å². The van der Waals surface area contributed by atoms with Gasteiger partial charge in [0, 0.05) is 71.7 Å². The lowest BCUT2D eigenvalue weighted by molar-refractivity contribution is 0.464. The lowest BCUT2D eigenvalue weighted by Crippen LogP contribution is -2.57. The van der Waals surface area contributed by atoms with Crippen molar-refractivity contribution in [2.24, 2.45) is 0 Å². The number of ether oxygens (including phenoxy) is 6. The molecule has 108 heavy (non-hydrogen) atoms. The largest absolute Gasteiger partial charge is 0.458 e. The van der Waals surface area contributed by atoms with Crippen LogP contribution in [0.5, 0.6) is 69.0 Å². The molecule has 0 saturated carbocycles. The predicted octanol–water partition coefficient (Wildman–Crippen LogP) is 18.7. The number of furan rings is 1. The van der Waals surface area contributed by atoms with Crippen LogP contribution in [0.25, 0.3) is 99.2 Å². The second-order valence-corrected chi connectivity index (χ2v) is 28.3. The first-order valence-corrected chi connectivity index (χ1v) is 36.7. The van der Waals surface area contributed by atoms with Gasteiger partial charge in [0.2, 0.25) is 0 Å². The number of hydrogen-bond acceptors (Lipinski definition) is 7. The van der Waals surface area contributed by atoms with Gasteiger partial charge in [0.25, 0.3) is 20.1 Å². The van der Waals surface area contributed by atoms with E-state index in [-0.39, 0.29) is 20.1 Å². The molecule has 0 amide bonds. The lowest BCUT2D eigenvalue weighted by atomic mass is 9.35. The molecule has 3 aromatic heterocycles. The molecule has 502 valence electrons. The normalized spacial score (nSPS) is 13.0. The summed E-state index contributed by atoms with van der Waals surface area (Å²) in [6.45, 7) is 0.213. The van der Waals surface area contributed by atoms with Crippen LogP contribution in [0.2, 0.25) is 0 Å². The summed E-state index contributed by atoms with van der Waals surface area (Å²) in [6.07, 6.45) is 0. The summed E-state index contributed by atoms with van der Waals surface area (Å²) in [6, 6.07) is 121. The summed E-state index contributed by atoms with van der Waals surface area (Å²) >= 11 is 0. The van der Waals surface area contributed by atoms with Crippen molar-refractivity contribution < 1.29 is 32.8 Å². The molecule has 25 rings (SSSR count). The van der Waals surface area contributed by atoms with Crippen molar-refractivity contribution in [3.05, 3.63) is 346 Å². The second kappa shape index (κ2) is 23.7. The minimum Gasteiger partial charge on any atom is -0.458 e. The van der Waals surface area contributed by atoms with E-state index in [9.17, 15) is 0 Å². The molecular formula is C96H57B3N2O7. The first-order chi connectivity index (χ1) is 53.5. The average molecular weight is 1380 g/mol. The smallest absolute Gasteiger partial charge is 0.260 e. The summed E-state index contributed by atoms with van der Waals surface area (Å²) < 4.78 is 49.0. The average Bonchev–Trinajstić information content (AvgIpc) is 0.926. The van der Waals surface area contributed by atoms with Gasteiger partial charge in [0.1, 0.15) is 80.2 Å². The van der Waals surface area contributed by atoms with Crippen LogP contribution in [-0.4, -0.2) is 29.3 Å². The summed E-state index contributed by atoms with van der Waals surface area (Å²) in [4.78, 5) is 0. The molecule has 16 aromatic carbocycles. The van der Waals surface area contributed by atoms with Crippen LogP contribution in [0.3, 0.4) is 0 Å². The van der Waals surface area contributed by atoms with Crippen LogP contribution in [0.4, 0.5) is 0 Å². The van der Waals surface area contributed by atoms with Crippen molar-refractivity contribution in [2.75, 3.05) is 0 Å². The Kier molecular flexibility index (Phi) is 13.3. The molecule has 0 radical (unpaired) electrons. The summed E-state index contributed by atoms with van der Waals surface area (Å²) in [5, 5.41) is 7.32. The first-order valence-electron chi connectivity index (χ1n) is 36.7. The quantitative estimate of drug-likeness (QED) is 0.162. The fourth-order valence-corrected chi connectivity index (χ4v) is 17.8. The predicted molar refractivity (Wildman–Crippen MR) is 439 cm³/mol. The highest BCUT2D eigenvalue weighted by Crippen LogP contribution is 2.43. The number of aromatic nitrogens is 2. The van der Waals surface area contributed by atoms with Gasteiger partial charge >= 0.3 is 0 Å². The molecular weight excluding hydrogens is 1330 g/mol. The Labute approximate surface area is 621 Å². The Balaban J connectivity index is 0.0000000983. The number of benzene rings is 16. The Bertz CT molecular complexity index is 6880. The molecule has 19 aromatic rings. The van der Waals surface area contributed by atoms with E-state index in [4.69, 9.17) is 32.8 Å². The van der Waals surface area contributed by atoms with E-state index in [2.05, 4.69) is 258 Å². The molecule has 6 aliphatic heterocycles. The fourth-order valence-electron chi connectivity index (χ4n) is 17.8. The van der Waals surface area contributed by atoms with Crippen molar-refractivity contribution in [1.29, 1.82) is 0 Å². The monoisotopic (exact) mass is 1380 g/mol. The van der Waals surface area contributed by atoms with Crippen LogP contribution < -0.4 is 77.6 Å². The molecule has 0 unspecified atom stereocenters. The lowest BCUT2D eigenvalue weighted by Gasteiger charge is -2.33. The molecule has 12 heteroatoms. The van der Waals surface area contributed by atoms with E-state index in [0.29, 0.717) is 0 Å². The molecule has 6 aliphatic rings. The van der Waals surface area contributed by atoms with E-state index in [1.54, 1.807) is 0 Å². The van der Waals surface area contributed by atoms with Crippen molar-refractivity contribution in [3.8, 4) is 103 Å². The zero-order chi connectivity index (χ0) is 70.7. The molecule has 0 saturated heterocycles. The molecule has 0 N–H and O–H groups in total.